The van der Waals surface area contributed by atoms with Gasteiger partial charge < -0.3 is 4.74 Å². The molecule has 0 N–H and O–H groups in total. The molecular formula is C22H20N2O4S. The number of anilines is 1. The van der Waals surface area contributed by atoms with Crippen LogP contribution in [0.5, 0.6) is 0 Å². The molecule has 29 heavy (non-hydrogen) atoms. The molecule has 0 amide bonds. The molecule has 0 aliphatic carbocycles. The van der Waals surface area contributed by atoms with Crippen molar-refractivity contribution in [1.82, 2.24) is 0 Å². The molecule has 0 radical (unpaired) electrons. The van der Waals surface area contributed by atoms with Crippen LogP contribution in [-0.2, 0) is 26.0 Å². The summed E-state index contributed by atoms with van der Waals surface area (Å²) in [6.45, 7) is 1.38. The Morgan fingerprint density at radius 1 is 1.03 bits per heavy atom. The Morgan fingerprint density at radius 3 is 2.38 bits per heavy atom. The summed E-state index contributed by atoms with van der Waals surface area (Å²) in [5.74, 6) is -0.641. The van der Waals surface area contributed by atoms with E-state index in [1.165, 1.54) is 6.07 Å². The van der Waals surface area contributed by atoms with Gasteiger partial charge in [0.15, 0.2) is 0 Å². The van der Waals surface area contributed by atoms with E-state index in [-0.39, 0.29) is 17.9 Å². The highest BCUT2D eigenvalue weighted by Crippen LogP contribution is 2.26. The van der Waals surface area contributed by atoms with Crippen LogP contribution in [0.2, 0.25) is 0 Å². The number of carbonyl (C=O) groups excluding carboxylic acids is 1. The van der Waals surface area contributed by atoms with Crippen molar-refractivity contribution in [3.8, 4) is 6.07 Å². The summed E-state index contributed by atoms with van der Waals surface area (Å²) in [5.41, 5.74) is 1.09. The first kappa shape index (κ1) is 20.4. The van der Waals surface area contributed by atoms with E-state index in [1.807, 2.05) is 30.3 Å². The Labute approximate surface area is 170 Å². The zero-order valence-corrected chi connectivity index (χ0v) is 16.7. The third-order valence-corrected chi connectivity index (χ3v) is 6.16. The summed E-state index contributed by atoms with van der Waals surface area (Å²) < 4.78 is 32.8. The minimum Gasteiger partial charge on any atom is -0.465 e. The Balaban J connectivity index is 2.04. The molecule has 0 aromatic heterocycles. The molecule has 0 atom stereocenters. The average Bonchev–Trinajstić information content (AvgIpc) is 2.73. The first-order valence-corrected chi connectivity index (χ1v) is 10.5. The van der Waals surface area contributed by atoms with Gasteiger partial charge in [0.2, 0.25) is 0 Å². The van der Waals surface area contributed by atoms with E-state index < -0.39 is 22.5 Å². The number of carbonyl (C=O) groups is 1. The van der Waals surface area contributed by atoms with E-state index in [4.69, 9.17) is 10.00 Å². The van der Waals surface area contributed by atoms with E-state index in [1.54, 1.807) is 43.3 Å². The van der Waals surface area contributed by atoms with Crippen LogP contribution in [-0.4, -0.2) is 27.5 Å². The maximum Gasteiger partial charge on any atom is 0.326 e. The van der Waals surface area contributed by atoms with Gasteiger partial charge in [0.05, 0.1) is 29.7 Å². The van der Waals surface area contributed by atoms with Gasteiger partial charge in [-0.05, 0) is 47.5 Å². The molecule has 0 saturated carbocycles. The second-order valence-corrected chi connectivity index (χ2v) is 8.19. The lowest BCUT2D eigenvalue weighted by Gasteiger charge is -2.24. The van der Waals surface area contributed by atoms with Crippen molar-refractivity contribution in [3.63, 3.8) is 0 Å². The highest BCUT2D eigenvalue weighted by molar-refractivity contribution is 7.92. The van der Waals surface area contributed by atoms with Gasteiger partial charge in [-0.1, -0.05) is 42.5 Å². The molecule has 3 rings (SSSR count). The summed E-state index contributed by atoms with van der Waals surface area (Å²) in [6.07, 6.45) is 0.218. The molecule has 0 aliphatic rings. The topological polar surface area (TPSA) is 87.5 Å². The molecular weight excluding hydrogens is 388 g/mol. The van der Waals surface area contributed by atoms with Gasteiger partial charge in [-0.25, -0.2) is 8.42 Å². The van der Waals surface area contributed by atoms with Crippen LogP contribution in [0.3, 0.4) is 0 Å². The van der Waals surface area contributed by atoms with Gasteiger partial charge in [-0.15, -0.1) is 0 Å². The van der Waals surface area contributed by atoms with Crippen molar-refractivity contribution in [2.45, 2.75) is 18.2 Å². The minimum atomic E-state index is -4.02. The number of fused-ring (bicyclic) bond motifs is 1. The zero-order chi connectivity index (χ0) is 20.9. The number of nitriles is 1. The molecule has 0 saturated heterocycles. The molecule has 3 aromatic rings. The Morgan fingerprint density at radius 2 is 1.72 bits per heavy atom. The molecule has 6 nitrogen and oxygen atoms in total. The number of hydrogen-bond acceptors (Lipinski definition) is 5. The second kappa shape index (κ2) is 8.76. The van der Waals surface area contributed by atoms with Crippen molar-refractivity contribution < 1.29 is 17.9 Å². The molecule has 0 heterocycles. The molecule has 7 heteroatoms. The summed E-state index contributed by atoms with van der Waals surface area (Å²) in [4.78, 5) is 12.2. The number of nitrogens with zero attached hydrogens (tertiary/aromatic N) is 2. The quantitative estimate of drug-likeness (QED) is 0.557. The number of esters is 1. The average molecular weight is 408 g/mol. The lowest BCUT2D eigenvalue weighted by molar-refractivity contribution is -0.141. The lowest BCUT2D eigenvalue weighted by atomic mass is 10.1. The third-order valence-electron chi connectivity index (χ3n) is 4.39. The summed E-state index contributed by atoms with van der Waals surface area (Å²) in [7, 11) is -4.02. The maximum absolute atomic E-state index is 13.4. The fraction of sp³-hybridized carbons (Fsp3) is 0.182. The fourth-order valence-electron chi connectivity index (χ4n) is 2.97. The predicted molar refractivity (Wildman–Crippen MR) is 111 cm³/mol. The molecule has 0 aliphatic heterocycles. The van der Waals surface area contributed by atoms with E-state index >= 15 is 0 Å². The van der Waals surface area contributed by atoms with Gasteiger partial charge >= 0.3 is 5.97 Å². The van der Waals surface area contributed by atoms with E-state index in [2.05, 4.69) is 0 Å². The monoisotopic (exact) mass is 408 g/mol. The van der Waals surface area contributed by atoms with Crippen LogP contribution in [0.15, 0.2) is 71.6 Å². The Bertz CT molecular complexity index is 1170. The largest absolute Gasteiger partial charge is 0.465 e. The van der Waals surface area contributed by atoms with Crippen molar-refractivity contribution in [2.24, 2.45) is 0 Å². The van der Waals surface area contributed by atoms with E-state index in [0.29, 0.717) is 5.69 Å². The van der Waals surface area contributed by atoms with Gasteiger partial charge in [-0.3, -0.25) is 9.10 Å². The van der Waals surface area contributed by atoms with Crippen molar-refractivity contribution >= 4 is 32.5 Å². The lowest BCUT2D eigenvalue weighted by Crippen LogP contribution is -2.36. The van der Waals surface area contributed by atoms with Crippen molar-refractivity contribution in [3.05, 3.63) is 72.3 Å². The minimum absolute atomic E-state index is 0.0848. The zero-order valence-electron chi connectivity index (χ0n) is 15.9. The van der Waals surface area contributed by atoms with E-state index in [0.717, 1.165) is 20.6 Å². The van der Waals surface area contributed by atoms with Crippen LogP contribution in [0.25, 0.3) is 10.8 Å². The number of rotatable bonds is 7. The third kappa shape index (κ3) is 4.55. The first-order valence-electron chi connectivity index (χ1n) is 9.08. The molecule has 148 valence electrons. The Hall–Kier alpha value is -3.37. The smallest absolute Gasteiger partial charge is 0.326 e. The maximum atomic E-state index is 13.4. The molecule has 0 spiro atoms. The first-order chi connectivity index (χ1) is 14.0. The molecule has 3 aromatic carbocycles. The van der Waals surface area contributed by atoms with Crippen LogP contribution in [0, 0.1) is 11.3 Å². The van der Waals surface area contributed by atoms with Crippen LogP contribution in [0.1, 0.15) is 12.5 Å². The highest BCUT2D eigenvalue weighted by atomic mass is 32.2. The van der Waals surface area contributed by atoms with Crippen molar-refractivity contribution in [1.29, 1.82) is 5.26 Å². The van der Waals surface area contributed by atoms with Gasteiger partial charge in [0.25, 0.3) is 10.0 Å². The van der Waals surface area contributed by atoms with Gasteiger partial charge in [0, 0.05) is 0 Å². The van der Waals surface area contributed by atoms with Crippen molar-refractivity contribution in [2.75, 3.05) is 17.5 Å². The van der Waals surface area contributed by atoms with Crippen LogP contribution >= 0.6 is 0 Å². The molecule has 0 bridgehead atoms. The van der Waals surface area contributed by atoms with Crippen LogP contribution in [0.4, 0.5) is 5.69 Å². The van der Waals surface area contributed by atoms with Gasteiger partial charge in [-0.2, -0.15) is 5.26 Å². The number of hydrogen-bond donors (Lipinski definition) is 0. The number of benzene rings is 3. The number of ether oxygens (including phenoxy) is 1. The summed E-state index contributed by atoms with van der Waals surface area (Å²) >= 11 is 0. The normalized spacial score (nSPS) is 11.0. The van der Waals surface area contributed by atoms with Crippen LogP contribution < -0.4 is 4.31 Å². The standard InChI is InChI=1S/C22H20N2O4S/c1-2-28-22(25)16-24(20-10-7-17(8-11-20)13-14-23)29(26,27)21-12-9-18-5-3-4-6-19(18)15-21/h3-12,15H,2,13,16H2,1H3. The SMILES string of the molecule is CCOC(=O)CN(c1ccc(CC#N)cc1)S(=O)(=O)c1ccc2ccccc2c1. The second-order valence-electron chi connectivity index (χ2n) is 6.33. The predicted octanol–water partition coefficient (Wildman–Crippen LogP) is 3.66. The molecule has 0 unspecified atom stereocenters. The molecule has 0 fully saturated rings. The number of sulfonamides is 1. The Kier molecular flexibility index (Phi) is 6.15. The van der Waals surface area contributed by atoms with Gasteiger partial charge in [0.1, 0.15) is 6.54 Å². The fourth-order valence-corrected chi connectivity index (χ4v) is 4.41. The van der Waals surface area contributed by atoms with E-state index in [9.17, 15) is 13.2 Å². The summed E-state index contributed by atoms with van der Waals surface area (Å²) in [5, 5.41) is 10.5. The highest BCUT2D eigenvalue weighted by Gasteiger charge is 2.28. The summed E-state index contributed by atoms with van der Waals surface area (Å²) in [6, 6.07) is 20.9.